The van der Waals surface area contributed by atoms with Crippen LogP contribution in [0.1, 0.15) is 25.7 Å². The van der Waals surface area contributed by atoms with E-state index in [0.717, 1.165) is 39.2 Å². The lowest BCUT2D eigenvalue weighted by Crippen LogP contribution is -2.40. The summed E-state index contributed by atoms with van der Waals surface area (Å²) in [6, 6.07) is 0.408. The second kappa shape index (κ2) is 5.77. The van der Waals surface area contributed by atoms with Gasteiger partial charge in [-0.15, -0.1) is 0 Å². The minimum absolute atomic E-state index is 0.305. The molecule has 3 atom stereocenters. The second-order valence-corrected chi connectivity index (χ2v) is 6.19. The van der Waals surface area contributed by atoms with Crippen LogP contribution < -0.4 is 5.73 Å². The fourth-order valence-electron chi connectivity index (χ4n) is 3.63. The molecular formula is C14H25N3O2. The monoisotopic (exact) mass is 267 g/mol. The number of carbonyl (C=O) groups is 1. The normalized spacial score (nSPS) is 36.6. The summed E-state index contributed by atoms with van der Waals surface area (Å²) in [5, 5.41) is 0. The molecule has 108 valence electrons. The van der Waals surface area contributed by atoms with Crippen LogP contribution in [0.25, 0.3) is 0 Å². The van der Waals surface area contributed by atoms with Gasteiger partial charge in [-0.2, -0.15) is 0 Å². The van der Waals surface area contributed by atoms with Crippen LogP contribution >= 0.6 is 0 Å². The fraction of sp³-hybridized carbons (Fsp3) is 0.929. The van der Waals surface area contributed by atoms with Gasteiger partial charge in [-0.3, -0.25) is 9.69 Å². The Hall–Kier alpha value is -0.650. The lowest BCUT2D eigenvalue weighted by atomic mass is 10.1. The fourth-order valence-corrected chi connectivity index (χ4v) is 3.63. The molecule has 3 saturated heterocycles. The molecule has 0 aromatic rings. The zero-order valence-corrected chi connectivity index (χ0v) is 11.6. The molecule has 0 radical (unpaired) electrons. The third-order valence-corrected chi connectivity index (χ3v) is 4.75. The molecule has 1 amide bonds. The van der Waals surface area contributed by atoms with Crippen molar-refractivity contribution in [2.45, 2.75) is 37.8 Å². The highest BCUT2D eigenvalue weighted by atomic mass is 16.5. The topological polar surface area (TPSA) is 58.8 Å². The first-order valence-corrected chi connectivity index (χ1v) is 7.59. The third kappa shape index (κ3) is 2.93. The Morgan fingerprint density at radius 3 is 2.89 bits per heavy atom. The van der Waals surface area contributed by atoms with E-state index in [1.807, 2.05) is 0 Å². The number of nitrogens with zero attached hydrogens (tertiary/aromatic N) is 2. The van der Waals surface area contributed by atoms with E-state index in [9.17, 15) is 4.79 Å². The number of rotatable bonds is 4. The summed E-state index contributed by atoms with van der Waals surface area (Å²) in [6.07, 6.45) is 4.57. The molecule has 5 nitrogen and oxygen atoms in total. The molecule has 5 heteroatoms. The standard InChI is InChI=1S/C14H25N3O2/c15-7-11-6-14(18)17(8-11)12-3-4-16(9-12)10-13-2-1-5-19-13/h11-13H,1-10,15H2. The van der Waals surface area contributed by atoms with Gasteiger partial charge < -0.3 is 15.4 Å². The lowest BCUT2D eigenvalue weighted by molar-refractivity contribution is -0.129. The van der Waals surface area contributed by atoms with Gasteiger partial charge in [-0.1, -0.05) is 0 Å². The first-order valence-electron chi connectivity index (χ1n) is 7.59. The summed E-state index contributed by atoms with van der Waals surface area (Å²) in [5.41, 5.74) is 5.69. The molecule has 2 N–H and O–H groups in total. The number of amides is 1. The van der Waals surface area contributed by atoms with Gasteiger partial charge in [0.05, 0.1) is 6.10 Å². The Balaban J connectivity index is 1.49. The molecular weight excluding hydrogens is 242 g/mol. The summed E-state index contributed by atoms with van der Waals surface area (Å²) in [6.45, 7) is 5.58. The van der Waals surface area contributed by atoms with Crippen LogP contribution in [-0.2, 0) is 9.53 Å². The van der Waals surface area contributed by atoms with Crippen molar-refractivity contribution in [1.82, 2.24) is 9.80 Å². The van der Waals surface area contributed by atoms with Gasteiger partial charge in [0.1, 0.15) is 0 Å². The van der Waals surface area contributed by atoms with Crippen molar-refractivity contribution in [3.05, 3.63) is 0 Å². The van der Waals surface area contributed by atoms with Crippen LogP contribution in [0.3, 0.4) is 0 Å². The molecule has 0 aromatic carbocycles. The number of carbonyl (C=O) groups excluding carboxylic acids is 1. The second-order valence-electron chi connectivity index (χ2n) is 6.19. The molecule has 19 heavy (non-hydrogen) atoms. The number of nitrogens with two attached hydrogens (primary N) is 1. The molecule has 0 bridgehead atoms. The predicted molar refractivity (Wildman–Crippen MR) is 72.7 cm³/mol. The van der Waals surface area contributed by atoms with Crippen molar-refractivity contribution in [1.29, 1.82) is 0 Å². The minimum Gasteiger partial charge on any atom is -0.377 e. The Bertz CT molecular complexity index is 331. The van der Waals surface area contributed by atoms with Gasteiger partial charge in [0.25, 0.3) is 0 Å². The molecule has 0 spiro atoms. The van der Waals surface area contributed by atoms with Crippen molar-refractivity contribution < 1.29 is 9.53 Å². The van der Waals surface area contributed by atoms with Crippen molar-refractivity contribution in [3.63, 3.8) is 0 Å². The van der Waals surface area contributed by atoms with Crippen LogP contribution in [0, 0.1) is 5.92 Å². The van der Waals surface area contributed by atoms with E-state index < -0.39 is 0 Å². The molecule has 0 aromatic heterocycles. The van der Waals surface area contributed by atoms with Crippen molar-refractivity contribution in [2.24, 2.45) is 11.7 Å². The number of hydrogen-bond acceptors (Lipinski definition) is 4. The maximum absolute atomic E-state index is 12.0. The summed E-state index contributed by atoms with van der Waals surface area (Å²) >= 11 is 0. The molecule has 3 heterocycles. The zero-order valence-electron chi connectivity index (χ0n) is 11.6. The van der Waals surface area contributed by atoms with Gasteiger partial charge in [-0.25, -0.2) is 0 Å². The third-order valence-electron chi connectivity index (χ3n) is 4.75. The van der Waals surface area contributed by atoms with E-state index >= 15 is 0 Å². The summed E-state index contributed by atoms with van der Waals surface area (Å²) < 4.78 is 5.69. The summed E-state index contributed by atoms with van der Waals surface area (Å²) in [4.78, 5) is 16.5. The Morgan fingerprint density at radius 2 is 2.21 bits per heavy atom. The van der Waals surface area contributed by atoms with E-state index in [2.05, 4.69) is 9.80 Å². The van der Waals surface area contributed by atoms with Gasteiger partial charge in [0.15, 0.2) is 0 Å². The molecule has 3 fully saturated rings. The summed E-state index contributed by atoms with van der Waals surface area (Å²) in [7, 11) is 0. The molecule has 0 saturated carbocycles. The first kappa shape index (κ1) is 13.3. The Labute approximate surface area is 115 Å². The number of ether oxygens (including phenoxy) is 1. The quantitative estimate of drug-likeness (QED) is 0.782. The molecule has 3 aliphatic heterocycles. The minimum atomic E-state index is 0.305. The molecule has 3 aliphatic rings. The van der Waals surface area contributed by atoms with E-state index in [-0.39, 0.29) is 0 Å². The van der Waals surface area contributed by atoms with Crippen LogP contribution in [0.2, 0.25) is 0 Å². The number of hydrogen-bond donors (Lipinski definition) is 1. The van der Waals surface area contributed by atoms with Crippen molar-refractivity contribution in [3.8, 4) is 0 Å². The van der Waals surface area contributed by atoms with E-state index in [1.54, 1.807) is 0 Å². The predicted octanol–water partition coefficient (Wildman–Crippen LogP) is 0.0469. The maximum Gasteiger partial charge on any atom is 0.223 e. The van der Waals surface area contributed by atoms with Crippen LogP contribution in [0.15, 0.2) is 0 Å². The smallest absolute Gasteiger partial charge is 0.223 e. The zero-order chi connectivity index (χ0) is 13.2. The van der Waals surface area contributed by atoms with Gasteiger partial charge in [0, 0.05) is 45.2 Å². The maximum atomic E-state index is 12.0. The van der Waals surface area contributed by atoms with Crippen LogP contribution in [0.4, 0.5) is 0 Å². The highest BCUT2D eigenvalue weighted by molar-refractivity contribution is 5.79. The molecule has 3 unspecified atom stereocenters. The van der Waals surface area contributed by atoms with Gasteiger partial charge >= 0.3 is 0 Å². The van der Waals surface area contributed by atoms with Crippen molar-refractivity contribution >= 4 is 5.91 Å². The molecule has 0 aliphatic carbocycles. The van der Waals surface area contributed by atoms with Crippen LogP contribution in [0.5, 0.6) is 0 Å². The highest BCUT2D eigenvalue weighted by Gasteiger charge is 2.37. The van der Waals surface area contributed by atoms with E-state index in [0.29, 0.717) is 36.9 Å². The first-order chi connectivity index (χ1) is 9.26. The summed E-state index contributed by atoms with van der Waals surface area (Å²) in [5.74, 6) is 0.680. The Kier molecular flexibility index (Phi) is 4.05. The van der Waals surface area contributed by atoms with E-state index in [1.165, 1.54) is 12.8 Å². The van der Waals surface area contributed by atoms with Gasteiger partial charge in [-0.05, 0) is 31.7 Å². The average Bonchev–Trinajstić information content (AvgIpc) is 3.10. The van der Waals surface area contributed by atoms with Crippen molar-refractivity contribution in [2.75, 3.05) is 39.3 Å². The van der Waals surface area contributed by atoms with Gasteiger partial charge in [0.2, 0.25) is 5.91 Å². The van der Waals surface area contributed by atoms with Crippen LogP contribution in [-0.4, -0.2) is 67.2 Å². The average molecular weight is 267 g/mol. The highest BCUT2D eigenvalue weighted by Crippen LogP contribution is 2.25. The number of likely N-dealkylation sites (tertiary alicyclic amines) is 2. The van der Waals surface area contributed by atoms with E-state index in [4.69, 9.17) is 10.5 Å². The largest absolute Gasteiger partial charge is 0.377 e. The SMILES string of the molecule is NCC1CC(=O)N(C2CCN(CC3CCCO3)C2)C1. The Morgan fingerprint density at radius 1 is 1.32 bits per heavy atom. The lowest BCUT2D eigenvalue weighted by Gasteiger charge is -2.25. The molecule has 3 rings (SSSR count).